The number of Topliss-reactive ketones (excluding diaryl/α,β-unsaturated/α-hetero) is 1. The molecule has 1 fully saturated rings. The van der Waals surface area contributed by atoms with E-state index in [-0.39, 0.29) is 23.7 Å². The molecule has 2 heterocycles. The average molecular weight is 460 g/mol. The van der Waals surface area contributed by atoms with Crippen LogP contribution in [0.5, 0.6) is 0 Å². The van der Waals surface area contributed by atoms with Gasteiger partial charge in [0, 0.05) is 17.7 Å². The number of ketones is 1. The number of quaternary nitrogens is 1. The SMILES string of the molecule is Cc1ccc2c(c1)[C@@H]1C[N@+](C)(CC(=O)c3ccccc3)CC[C@@H]1N2C(=O)c1ccccc1Cl. The maximum atomic E-state index is 13.7. The maximum absolute atomic E-state index is 13.7. The number of fused-ring (bicyclic) bond motifs is 3. The smallest absolute Gasteiger partial charge is 0.260 e. The molecule has 3 aromatic rings. The van der Waals surface area contributed by atoms with Crippen molar-refractivity contribution in [1.29, 1.82) is 0 Å². The fourth-order valence-electron chi connectivity index (χ4n) is 5.55. The van der Waals surface area contributed by atoms with E-state index in [2.05, 4.69) is 32.2 Å². The Morgan fingerprint density at radius 3 is 2.52 bits per heavy atom. The summed E-state index contributed by atoms with van der Waals surface area (Å²) in [6.07, 6.45) is 0.840. The number of rotatable bonds is 4. The van der Waals surface area contributed by atoms with Gasteiger partial charge in [-0.1, -0.05) is 71.8 Å². The van der Waals surface area contributed by atoms with Crippen LogP contribution in [0.2, 0.25) is 5.02 Å². The van der Waals surface area contributed by atoms with Crippen LogP contribution in [0.1, 0.15) is 44.2 Å². The molecule has 0 radical (unpaired) electrons. The number of carbonyl (C=O) groups is 2. The van der Waals surface area contributed by atoms with Gasteiger partial charge in [-0.3, -0.25) is 9.59 Å². The van der Waals surface area contributed by atoms with Gasteiger partial charge in [0.15, 0.2) is 0 Å². The number of likely N-dealkylation sites (tertiary alicyclic amines) is 1. The Balaban J connectivity index is 1.47. The molecular formula is C28H28ClN2O2+. The summed E-state index contributed by atoms with van der Waals surface area (Å²) < 4.78 is 0.677. The molecule has 0 aliphatic carbocycles. The quantitative estimate of drug-likeness (QED) is 0.382. The zero-order valence-electron chi connectivity index (χ0n) is 19.0. The van der Waals surface area contributed by atoms with Crippen molar-refractivity contribution in [3.63, 3.8) is 0 Å². The summed E-state index contributed by atoms with van der Waals surface area (Å²) in [6.45, 7) is 4.22. The number of nitrogens with zero attached hydrogens (tertiary/aromatic N) is 2. The highest BCUT2D eigenvalue weighted by Gasteiger charge is 2.49. The molecule has 1 amide bonds. The van der Waals surface area contributed by atoms with Gasteiger partial charge in [-0.05, 0) is 30.7 Å². The van der Waals surface area contributed by atoms with E-state index < -0.39 is 0 Å². The number of carbonyl (C=O) groups excluding carboxylic acids is 2. The average Bonchev–Trinajstić information content (AvgIpc) is 3.11. The molecule has 0 saturated carbocycles. The summed E-state index contributed by atoms with van der Waals surface area (Å²) in [6, 6.07) is 23.2. The van der Waals surface area contributed by atoms with E-state index in [1.165, 1.54) is 11.1 Å². The first kappa shape index (κ1) is 21.9. The van der Waals surface area contributed by atoms with Crippen molar-refractivity contribution in [3.8, 4) is 0 Å². The third kappa shape index (κ3) is 3.98. The normalized spacial score (nSPS) is 23.7. The van der Waals surface area contributed by atoms with Crippen LogP contribution in [0.25, 0.3) is 0 Å². The molecule has 0 N–H and O–H groups in total. The number of halogens is 1. The van der Waals surface area contributed by atoms with Gasteiger partial charge in [0.1, 0.15) is 6.54 Å². The van der Waals surface area contributed by atoms with Crippen molar-refractivity contribution in [3.05, 3.63) is 100 Å². The molecule has 0 spiro atoms. The van der Waals surface area contributed by atoms with E-state index in [1.54, 1.807) is 12.1 Å². The van der Waals surface area contributed by atoms with Gasteiger partial charge in [0.2, 0.25) is 5.78 Å². The molecule has 2 aliphatic rings. The Kier molecular flexibility index (Phi) is 5.59. The first-order valence-electron chi connectivity index (χ1n) is 11.5. The fraction of sp³-hybridized carbons (Fsp3) is 0.286. The van der Waals surface area contributed by atoms with E-state index in [0.29, 0.717) is 21.6 Å². The van der Waals surface area contributed by atoms with E-state index in [4.69, 9.17) is 11.6 Å². The molecule has 168 valence electrons. The summed E-state index contributed by atoms with van der Waals surface area (Å²) in [7, 11) is 2.17. The topological polar surface area (TPSA) is 37.4 Å². The summed E-state index contributed by atoms with van der Waals surface area (Å²) in [5.74, 6) is 0.311. The Morgan fingerprint density at radius 1 is 1.03 bits per heavy atom. The molecule has 0 bridgehead atoms. The molecular weight excluding hydrogens is 432 g/mol. The Morgan fingerprint density at radius 2 is 1.76 bits per heavy atom. The Hall–Kier alpha value is -2.95. The van der Waals surface area contributed by atoms with Crippen LogP contribution in [-0.4, -0.2) is 48.9 Å². The van der Waals surface area contributed by atoms with Crippen molar-refractivity contribution in [2.24, 2.45) is 0 Å². The van der Waals surface area contributed by atoms with Crippen molar-refractivity contribution in [1.82, 2.24) is 0 Å². The van der Waals surface area contributed by atoms with Crippen molar-refractivity contribution in [2.45, 2.75) is 25.3 Å². The second-order valence-electron chi connectivity index (χ2n) is 9.65. The van der Waals surface area contributed by atoms with Gasteiger partial charge in [-0.2, -0.15) is 0 Å². The van der Waals surface area contributed by atoms with Gasteiger partial charge in [0.05, 0.1) is 42.7 Å². The minimum Gasteiger partial charge on any atom is -0.319 e. The van der Waals surface area contributed by atoms with Gasteiger partial charge in [-0.25, -0.2) is 0 Å². The van der Waals surface area contributed by atoms with Gasteiger partial charge < -0.3 is 9.38 Å². The molecule has 0 unspecified atom stereocenters. The van der Waals surface area contributed by atoms with Crippen LogP contribution in [0.15, 0.2) is 72.8 Å². The molecule has 1 saturated heterocycles. The first-order chi connectivity index (χ1) is 15.9. The Labute approximate surface area is 200 Å². The largest absolute Gasteiger partial charge is 0.319 e. The predicted octanol–water partition coefficient (Wildman–Crippen LogP) is 5.49. The van der Waals surface area contributed by atoms with Crippen molar-refractivity contribution in [2.75, 3.05) is 31.6 Å². The number of piperidine rings is 1. The van der Waals surface area contributed by atoms with Crippen LogP contribution in [-0.2, 0) is 0 Å². The maximum Gasteiger partial charge on any atom is 0.260 e. The molecule has 5 heteroatoms. The zero-order valence-corrected chi connectivity index (χ0v) is 19.8. The van der Waals surface area contributed by atoms with Crippen molar-refractivity contribution >= 4 is 29.0 Å². The summed E-state index contributed by atoms with van der Waals surface area (Å²) in [5, 5.41) is 0.476. The van der Waals surface area contributed by atoms with E-state index in [1.807, 2.05) is 47.4 Å². The number of benzene rings is 3. The molecule has 33 heavy (non-hydrogen) atoms. The Bertz CT molecular complexity index is 1230. The highest BCUT2D eigenvalue weighted by atomic mass is 35.5. The number of likely N-dealkylation sites (N-methyl/N-ethyl adjacent to an activating group) is 1. The minimum atomic E-state index is -0.0466. The van der Waals surface area contributed by atoms with Crippen LogP contribution < -0.4 is 4.90 Å². The van der Waals surface area contributed by atoms with Crippen LogP contribution in [0, 0.1) is 6.92 Å². The van der Waals surface area contributed by atoms with Gasteiger partial charge in [-0.15, -0.1) is 0 Å². The fourth-order valence-corrected chi connectivity index (χ4v) is 5.76. The number of hydrogen-bond donors (Lipinski definition) is 0. The van der Waals surface area contributed by atoms with Crippen LogP contribution in [0.4, 0.5) is 5.69 Å². The molecule has 5 rings (SSSR count). The lowest BCUT2D eigenvalue weighted by Crippen LogP contribution is -2.58. The summed E-state index contributed by atoms with van der Waals surface area (Å²) in [4.78, 5) is 28.6. The number of hydrogen-bond acceptors (Lipinski definition) is 2. The number of aryl methyl sites for hydroxylation is 1. The monoisotopic (exact) mass is 459 g/mol. The highest BCUT2D eigenvalue weighted by molar-refractivity contribution is 6.34. The molecule has 3 aromatic carbocycles. The molecule has 0 aromatic heterocycles. The first-order valence-corrected chi connectivity index (χ1v) is 11.8. The van der Waals surface area contributed by atoms with Gasteiger partial charge in [0.25, 0.3) is 5.91 Å². The summed E-state index contributed by atoms with van der Waals surface area (Å²) in [5.41, 5.74) is 4.66. The zero-order chi connectivity index (χ0) is 23.2. The molecule has 4 nitrogen and oxygen atoms in total. The van der Waals surface area contributed by atoms with E-state index >= 15 is 0 Å². The third-order valence-corrected chi connectivity index (χ3v) is 7.51. The predicted molar refractivity (Wildman–Crippen MR) is 132 cm³/mol. The van der Waals surface area contributed by atoms with Crippen molar-refractivity contribution < 1.29 is 14.1 Å². The highest BCUT2D eigenvalue weighted by Crippen LogP contribution is 2.47. The summed E-state index contributed by atoms with van der Waals surface area (Å²) >= 11 is 6.40. The minimum absolute atomic E-state index is 0.0466. The van der Waals surface area contributed by atoms with Crippen LogP contribution in [0.3, 0.4) is 0 Å². The number of anilines is 1. The second kappa shape index (κ2) is 8.44. The van der Waals surface area contributed by atoms with E-state index in [9.17, 15) is 9.59 Å². The molecule has 3 atom stereocenters. The number of amides is 1. The lowest BCUT2D eigenvalue weighted by Gasteiger charge is -2.44. The standard InChI is InChI=1S/C28H28ClN2O2/c1-19-12-13-25-22(16-19)23-17-31(2,18-27(32)20-8-4-3-5-9-20)15-14-26(23)30(25)28(33)21-10-6-7-11-24(21)29/h3-13,16,23,26H,14-15,17-18H2,1-2H3/q+1/t23-,26-,31+/m0/s1. The molecule has 2 aliphatic heterocycles. The lowest BCUT2D eigenvalue weighted by molar-refractivity contribution is -0.907. The second-order valence-corrected chi connectivity index (χ2v) is 10.1. The van der Waals surface area contributed by atoms with E-state index in [0.717, 1.165) is 30.8 Å². The third-order valence-electron chi connectivity index (χ3n) is 7.18. The van der Waals surface area contributed by atoms with Gasteiger partial charge >= 0.3 is 0 Å². The van der Waals surface area contributed by atoms with Crippen LogP contribution >= 0.6 is 11.6 Å². The lowest BCUT2D eigenvalue weighted by atomic mass is 9.87.